The number of fused-ring (bicyclic) bond motifs is 2. The molecule has 0 aliphatic heterocycles. The third-order valence-corrected chi connectivity index (χ3v) is 4.27. The average molecular weight is 291 g/mol. The van der Waals surface area contributed by atoms with E-state index in [2.05, 4.69) is 9.97 Å². The fraction of sp³-hybridized carbons (Fsp3) is 0.0833. The zero-order chi connectivity index (χ0) is 11.8. The summed E-state index contributed by atoms with van der Waals surface area (Å²) in [5.74, 6) is 0.709. The van der Waals surface area contributed by atoms with E-state index in [9.17, 15) is 4.79 Å². The molecule has 0 aliphatic rings. The van der Waals surface area contributed by atoms with Gasteiger partial charge in [0.15, 0.2) is 0 Å². The molecule has 0 amide bonds. The number of hydrogen-bond donors (Lipinski definition) is 0. The van der Waals surface area contributed by atoms with Gasteiger partial charge in [-0.3, -0.25) is 0 Å². The average Bonchev–Trinajstić information content (AvgIpc) is 2.35. The second kappa shape index (κ2) is 3.95. The second-order valence-corrected chi connectivity index (χ2v) is 5.64. The SMILES string of the molecule is COc1cnc2nc3[se]c(=O)ccc3cc2c1. The summed E-state index contributed by atoms with van der Waals surface area (Å²) in [6.45, 7) is 0. The van der Waals surface area contributed by atoms with Gasteiger partial charge in [0.05, 0.1) is 0 Å². The molecular weight excluding hydrogens is 283 g/mol. The molecule has 0 unspecified atom stereocenters. The quantitative estimate of drug-likeness (QED) is 0.499. The summed E-state index contributed by atoms with van der Waals surface area (Å²) < 4.78 is 6.13. The van der Waals surface area contributed by atoms with Gasteiger partial charge in [-0.05, 0) is 0 Å². The van der Waals surface area contributed by atoms with E-state index in [4.69, 9.17) is 4.74 Å². The van der Waals surface area contributed by atoms with Crippen LogP contribution in [0.1, 0.15) is 0 Å². The molecule has 3 heterocycles. The molecule has 5 heteroatoms. The van der Waals surface area contributed by atoms with Gasteiger partial charge in [0.2, 0.25) is 0 Å². The summed E-state index contributed by atoms with van der Waals surface area (Å²) in [6.07, 6.45) is 1.63. The van der Waals surface area contributed by atoms with Crippen molar-refractivity contribution >= 4 is 35.3 Å². The standard InChI is InChI=1S/C12H8N2O2Se/c1-16-9-5-8-4-7-2-3-10(15)17-12(7)14-11(8)13-6-9/h2-6H,1H3. The van der Waals surface area contributed by atoms with Gasteiger partial charge in [0.1, 0.15) is 0 Å². The van der Waals surface area contributed by atoms with Crippen LogP contribution in [0.15, 0.2) is 35.3 Å². The molecule has 3 aromatic rings. The van der Waals surface area contributed by atoms with Gasteiger partial charge < -0.3 is 0 Å². The van der Waals surface area contributed by atoms with Crippen molar-refractivity contribution in [2.45, 2.75) is 0 Å². The molecule has 0 aromatic carbocycles. The molecule has 4 nitrogen and oxygen atoms in total. The van der Waals surface area contributed by atoms with Gasteiger partial charge in [-0.1, -0.05) is 0 Å². The Morgan fingerprint density at radius 1 is 1.24 bits per heavy atom. The third kappa shape index (κ3) is 1.84. The third-order valence-electron chi connectivity index (χ3n) is 2.47. The van der Waals surface area contributed by atoms with Crippen molar-refractivity contribution in [2.24, 2.45) is 0 Å². The van der Waals surface area contributed by atoms with Gasteiger partial charge >= 0.3 is 102 Å². The van der Waals surface area contributed by atoms with E-state index >= 15 is 0 Å². The zero-order valence-electron chi connectivity index (χ0n) is 9.01. The molecule has 0 saturated carbocycles. The summed E-state index contributed by atoms with van der Waals surface area (Å²) in [4.78, 5) is 20.0. The minimum absolute atomic E-state index is 0.144. The molecule has 0 spiro atoms. The molecule has 3 aromatic heterocycles. The maximum absolute atomic E-state index is 11.3. The maximum atomic E-state index is 11.3. The van der Waals surface area contributed by atoms with E-state index in [1.54, 1.807) is 19.4 Å². The van der Waals surface area contributed by atoms with Crippen LogP contribution in [-0.2, 0) is 0 Å². The van der Waals surface area contributed by atoms with Crippen molar-refractivity contribution in [1.29, 1.82) is 0 Å². The fourth-order valence-corrected chi connectivity index (χ4v) is 3.12. The van der Waals surface area contributed by atoms with Crippen LogP contribution in [0.4, 0.5) is 0 Å². The molecule has 84 valence electrons. The number of methoxy groups -OCH3 is 1. The van der Waals surface area contributed by atoms with Crippen LogP contribution in [0, 0.1) is 0 Å². The first-order valence-corrected chi connectivity index (χ1v) is 6.72. The Hall–Kier alpha value is -1.71. The molecular formula is C12H8N2O2Se. The van der Waals surface area contributed by atoms with Crippen molar-refractivity contribution in [3.63, 3.8) is 0 Å². The van der Waals surface area contributed by atoms with Crippen LogP contribution in [0.2, 0.25) is 0 Å². The monoisotopic (exact) mass is 292 g/mol. The van der Waals surface area contributed by atoms with E-state index in [-0.39, 0.29) is 18.8 Å². The van der Waals surface area contributed by atoms with Crippen LogP contribution < -0.4 is 9.04 Å². The molecule has 0 radical (unpaired) electrons. The van der Waals surface area contributed by atoms with Crippen LogP contribution in [-0.4, -0.2) is 31.6 Å². The van der Waals surface area contributed by atoms with Gasteiger partial charge in [0.25, 0.3) is 0 Å². The van der Waals surface area contributed by atoms with E-state index in [0.717, 1.165) is 15.2 Å². The summed E-state index contributed by atoms with van der Waals surface area (Å²) >= 11 is -0.222. The van der Waals surface area contributed by atoms with Gasteiger partial charge in [0, 0.05) is 0 Å². The molecule has 3 rings (SSSR count). The molecule has 0 saturated heterocycles. The predicted molar refractivity (Wildman–Crippen MR) is 66.8 cm³/mol. The van der Waals surface area contributed by atoms with Crippen molar-refractivity contribution < 1.29 is 4.74 Å². The Bertz CT molecular complexity index is 767. The predicted octanol–water partition coefficient (Wildman–Crippen LogP) is 1.21. The number of pyridine rings is 2. The Morgan fingerprint density at radius 2 is 2.12 bits per heavy atom. The summed E-state index contributed by atoms with van der Waals surface area (Å²) in [6, 6.07) is 7.32. The summed E-state index contributed by atoms with van der Waals surface area (Å²) in [5, 5.41) is 1.94. The topological polar surface area (TPSA) is 52.1 Å². The van der Waals surface area contributed by atoms with Crippen molar-refractivity contribution in [2.75, 3.05) is 7.11 Å². The Morgan fingerprint density at radius 3 is 2.94 bits per heavy atom. The first-order valence-electron chi connectivity index (χ1n) is 5.01. The number of hydrogen-bond acceptors (Lipinski definition) is 4. The van der Waals surface area contributed by atoms with Crippen molar-refractivity contribution in [3.05, 3.63) is 39.6 Å². The Kier molecular flexibility index (Phi) is 2.42. The molecule has 0 bridgehead atoms. The van der Waals surface area contributed by atoms with E-state index < -0.39 is 0 Å². The van der Waals surface area contributed by atoms with Gasteiger partial charge in [-0.25, -0.2) is 0 Å². The van der Waals surface area contributed by atoms with Gasteiger partial charge in [-0.15, -0.1) is 0 Å². The number of ether oxygens (including phenoxy) is 1. The first-order chi connectivity index (χ1) is 8.26. The van der Waals surface area contributed by atoms with Crippen LogP contribution >= 0.6 is 0 Å². The summed E-state index contributed by atoms with van der Waals surface area (Å²) in [7, 11) is 1.61. The zero-order valence-corrected chi connectivity index (χ0v) is 10.7. The molecule has 0 atom stereocenters. The van der Waals surface area contributed by atoms with Crippen molar-refractivity contribution in [1.82, 2.24) is 9.97 Å². The minimum atomic E-state index is -0.222. The molecule has 0 fully saturated rings. The number of aromatic nitrogens is 2. The Balaban J connectivity index is 2.39. The normalized spacial score (nSPS) is 10.9. The first kappa shape index (κ1) is 10.4. The molecule has 0 aliphatic carbocycles. The number of nitrogens with zero attached hydrogens (tertiary/aromatic N) is 2. The summed E-state index contributed by atoms with van der Waals surface area (Å²) in [5.41, 5.74) is 0.662. The van der Waals surface area contributed by atoms with Gasteiger partial charge in [-0.2, -0.15) is 0 Å². The van der Waals surface area contributed by atoms with Crippen LogP contribution in [0.5, 0.6) is 5.75 Å². The van der Waals surface area contributed by atoms with Crippen molar-refractivity contribution in [3.8, 4) is 5.75 Å². The Labute approximate surface area is 103 Å². The fourth-order valence-electron chi connectivity index (χ4n) is 1.64. The van der Waals surface area contributed by atoms with E-state index in [1.807, 2.05) is 18.2 Å². The van der Waals surface area contributed by atoms with E-state index in [0.29, 0.717) is 11.4 Å². The van der Waals surface area contributed by atoms with Crippen LogP contribution in [0.3, 0.4) is 0 Å². The van der Waals surface area contributed by atoms with Crippen LogP contribution in [0.25, 0.3) is 20.8 Å². The van der Waals surface area contributed by atoms with E-state index in [1.165, 1.54) is 0 Å². The second-order valence-electron chi connectivity index (χ2n) is 3.56. The molecule has 0 N–H and O–H groups in total. The number of rotatable bonds is 1. The molecule has 17 heavy (non-hydrogen) atoms.